The van der Waals surface area contributed by atoms with Crippen molar-refractivity contribution in [3.8, 4) is 22.5 Å². The second-order valence-corrected chi connectivity index (χ2v) is 7.81. The van der Waals surface area contributed by atoms with Crippen LogP contribution < -0.4 is 11.0 Å². The molecule has 2 heterocycles. The summed E-state index contributed by atoms with van der Waals surface area (Å²) in [5.41, 5.74) is 11.4. The van der Waals surface area contributed by atoms with E-state index in [9.17, 15) is 9.59 Å². The first-order chi connectivity index (χ1) is 17.5. The SMILES string of the molecule is Cc1cccnc1-c1ccccc1NOC(=O)/C=C/C(=O)ONc1ccccc1-c1ncccc1C. The summed E-state index contributed by atoms with van der Waals surface area (Å²) in [6.07, 6.45) is 5.34. The van der Waals surface area contributed by atoms with E-state index < -0.39 is 11.9 Å². The maximum Gasteiger partial charge on any atom is 0.355 e. The fourth-order valence-electron chi connectivity index (χ4n) is 3.51. The van der Waals surface area contributed by atoms with Crippen molar-refractivity contribution in [1.82, 2.24) is 9.97 Å². The molecule has 8 nitrogen and oxygen atoms in total. The molecule has 0 aliphatic carbocycles. The van der Waals surface area contributed by atoms with E-state index in [2.05, 4.69) is 20.9 Å². The quantitative estimate of drug-likeness (QED) is 0.254. The topological polar surface area (TPSA) is 102 Å². The Labute approximate surface area is 208 Å². The number of aromatic nitrogens is 2. The summed E-state index contributed by atoms with van der Waals surface area (Å²) in [5.74, 6) is -1.55. The second-order valence-electron chi connectivity index (χ2n) is 7.81. The molecule has 0 bridgehead atoms. The highest BCUT2D eigenvalue weighted by Crippen LogP contribution is 2.29. The van der Waals surface area contributed by atoms with E-state index in [4.69, 9.17) is 9.68 Å². The molecule has 2 N–H and O–H groups in total. The van der Waals surface area contributed by atoms with Gasteiger partial charge in [-0.15, -0.1) is 0 Å². The van der Waals surface area contributed by atoms with Crippen molar-refractivity contribution in [3.05, 3.63) is 108 Å². The van der Waals surface area contributed by atoms with Gasteiger partial charge in [0, 0.05) is 35.7 Å². The van der Waals surface area contributed by atoms with E-state index in [1.54, 1.807) is 36.7 Å². The van der Waals surface area contributed by atoms with Gasteiger partial charge in [0.2, 0.25) is 0 Å². The summed E-state index contributed by atoms with van der Waals surface area (Å²) < 4.78 is 0. The summed E-state index contributed by atoms with van der Waals surface area (Å²) in [6.45, 7) is 3.90. The smallest absolute Gasteiger partial charge is 0.339 e. The summed E-state index contributed by atoms with van der Waals surface area (Å²) >= 11 is 0. The van der Waals surface area contributed by atoms with Crippen molar-refractivity contribution in [2.24, 2.45) is 0 Å². The van der Waals surface area contributed by atoms with Crippen molar-refractivity contribution in [2.45, 2.75) is 13.8 Å². The Hall–Kier alpha value is -4.98. The number of carbonyl (C=O) groups excluding carboxylic acids is 2. The molecule has 0 radical (unpaired) electrons. The van der Waals surface area contributed by atoms with Gasteiger partial charge in [0.15, 0.2) is 0 Å². The maximum absolute atomic E-state index is 12.2. The normalized spacial score (nSPS) is 10.6. The van der Waals surface area contributed by atoms with Gasteiger partial charge in [0.25, 0.3) is 0 Å². The number of nitrogens with one attached hydrogen (secondary N) is 2. The van der Waals surface area contributed by atoms with Crippen molar-refractivity contribution in [1.29, 1.82) is 0 Å². The molecule has 8 heteroatoms. The van der Waals surface area contributed by atoms with Gasteiger partial charge in [-0.25, -0.2) is 20.5 Å². The Kier molecular flexibility index (Phi) is 7.67. The number of aryl methyl sites for hydroxylation is 2. The van der Waals surface area contributed by atoms with Crippen LogP contribution in [-0.2, 0) is 19.3 Å². The first-order valence-electron chi connectivity index (χ1n) is 11.2. The van der Waals surface area contributed by atoms with E-state index >= 15 is 0 Å². The van der Waals surface area contributed by atoms with Gasteiger partial charge in [-0.05, 0) is 49.2 Å². The number of pyridine rings is 2. The Morgan fingerprint density at radius 1 is 0.639 bits per heavy atom. The zero-order valence-electron chi connectivity index (χ0n) is 19.8. The number of rotatable bonds is 8. The van der Waals surface area contributed by atoms with Gasteiger partial charge < -0.3 is 9.68 Å². The van der Waals surface area contributed by atoms with Gasteiger partial charge in [-0.2, -0.15) is 0 Å². The largest absolute Gasteiger partial charge is 0.355 e. The van der Waals surface area contributed by atoms with Crippen LogP contribution in [0.2, 0.25) is 0 Å². The van der Waals surface area contributed by atoms with Crippen molar-refractivity contribution >= 4 is 23.3 Å². The number of para-hydroxylation sites is 2. The predicted molar refractivity (Wildman–Crippen MR) is 137 cm³/mol. The monoisotopic (exact) mass is 480 g/mol. The highest BCUT2D eigenvalue weighted by Gasteiger charge is 2.11. The molecule has 0 fully saturated rings. The number of nitrogens with zero attached hydrogens (tertiary/aromatic N) is 2. The summed E-state index contributed by atoms with van der Waals surface area (Å²) in [6, 6.07) is 22.2. The highest BCUT2D eigenvalue weighted by molar-refractivity contribution is 5.92. The standard InChI is InChI=1S/C28H24N4O4/c1-19-9-7-17-29-27(19)21-11-3-5-13-23(21)31-35-25(33)15-16-26(34)36-32-24-14-6-4-12-22(24)28-20(2)10-8-18-30-28/h3-18,31-32H,1-2H3/b16-15+. The van der Waals surface area contributed by atoms with Crippen molar-refractivity contribution in [3.63, 3.8) is 0 Å². The zero-order valence-corrected chi connectivity index (χ0v) is 19.8. The number of hydrogen-bond donors (Lipinski definition) is 2. The van der Waals surface area contributed by atoms with E-state index in [0.717, 1.165) is 45.8 Å². The molecule has 4 aromatic rings. The molecule has 0 aliphatic heterocycles. The lowest BCUT2D eigenvalue weighted by Gasteiger charge is -2.12. The molecule has 0 saturated heterocycles. The van der Waals surface area contributed by atoms with Crippen LogP contribution >= 0.6 is 0 Å². The van der Waals surface area contributed by atoms with Gasteiger partial charge in [-0.3, -0.25) is 9.97 Å². The Bertz CT molecular complexity index is 1310. The van der Waals surface area contributed by atoms with Crippen LogP contribution in [0, 0.1) is 13.8 Å². The Balaban J connectivity index is 1.35. The van der Waals surface area contributed by atoms with Crippen LogP contribution in [0.1, 0.15) is 11.1 Å². The molecule has 2 aromatic heterocycles. The van der Waals surface area contributed by atoms with Crippen LogP contribution in [0.25, 0.3) is 22.5 Å². The third-order valence-electron chi connectivity index (χ3n) is 5.26. The summed E-state index contributed by atoms with van der Waals surface area (Å²) in [5, 5.41) is 0. The molecular weight excluding hydrogens is 456 g/mol. The van der Waals surface area contributed by atoms with Crippen molar-refractivity contribution in [2.75, 3.05) is 11.0 Å². The van der Waals surface area contributed by atoms with E-state index in [-0.39, 0.29) is 0 Å². The molecule has 2 aromatic carbocycles. The average Bonchev–Trinajstić information content (AvgIpc) is 2.90. The fourth-order valence-corrected chi connectivity index (χ4v) is 3.51. The van der Waals surface area contributed by atoms with Gasteiger partial charge in [-0.1, -0.05) is 48.5 Å². The zero-order chi connectivity index (χ0) is 25.3. The lowest BCUT2D eigenvalue weighted by atomic mass is 10.1. The first-order valence-corrected chi connectivity index (χ1v) is 11.2. The van der Waals surface area contributed by atoms with Crippen LogP contribution in [0.4, 0.5) is 11.4 Å². The number of carbonyl (C=O) groups is 2. The number of hydrogen-bond acceptors (Lipinski definition) is 8. The maximum atomic E-state index is 12.2. The van der Waals surface area contributed by atoms with E-state index in [0.29, 0.717) is 11.4 Å². The molecule has 0 amide bonds. The first kappa shape index (κ1) is 24.2. The third-order valence-corrected chi connectivity index (χ3v) is 5.26. The molecule has 0 atom stereocenters. The van der Waals surface area contributed by atoms with Crippen LogP contribution in [0.15, 0.2) is 97.3 Å². The molecule has 0 spiro atoms. The third kappa shape index (κ3) is 5.92. The van der Waals surface area contributed by atoms with Crippen LogP contribution in [-0.4, -0.2) is 21.9 Å². The molecule has 4 rings (SSSR count). The summed E-state index contributed by atoms with van der Waals surface area (Å²) in [4.78, 5) is 43.3. The van der Waals surface area contributed by atoms with E-state index in [1.165, 1.54) is 0 Å². The van der Waals surface area contributed by atoms with Crippen molar-refractivity contribution < 1.29 is 19.3 Å². The second kappa shape index (κ2) is 11.4. The minimum absolute atomic E-state index is 0.562. The average molecular weight is 481 g/mol. The van der Waals surface area contributed by atoms with Gasteiger partial charge in [0.05, 0.1) is 22.8 Å². The molecule has 0 aliphatic rings. The molecule has 0 unspecified atom stereocenters. The fraction of sp³-hybridized carbons (Fsp3) is 0.0714. The van der Waals surface area contributed by atoms with Crippen LogP contribution in [0.3, 0.4) is 0 Å². The summed E-state index contributed by atoms with van der Waals surface area (Å²) in [7, 11) is 0. The molecule has 36 heavy (non-hydrogen) atoms. The van der Waals surface area contributed by atoms with E-state index in [1.807, 2.05) is 62.4 Å². The molecule has 180 valence electrons. The molecule has 0 saturated carbocycles. The lowest BCUT2D eigenvalue weighted by molar-refractivity contribution is -0.137. The highest BCUT2D eigenvalue weighted by atomic mass is 16.7. The minimum atomic E-state index is -0.774. The number of benzene rings is 2. The molecular formula is C28H24N4O4. The van der Waals surface area contributed by atoms with Gasteiger partial charge in [0.1, 0.15) is 0 Å². The lowest BCUT2D eigenvalue weighted by Crippen LogP contribution is -2.11. The predicted octanol–water partition coefficient (Wildman–Crippen LogP) is 5.42. The van der Waals surface area contributed by atoms with Gasteiger partial charge >= 0.3 is 11.9 Å². The van der Waals surface area contributed by atoms with Crippen LogP contribution in [0.5, 0.6) is 0 Å². The number of anilines is 2. The Morgan fingerprint density at radius 3 is 1.47 bits per heavy atom. The minimum Gasteiger partial charge on any atom is -0.339 e. The Morgan fingerprint density at radius 2 is 1.06 bits per heavy atom.